The number of unbranched alkanes of at least 4 members (excludes halogenated alkanes) is 4. The summed E-state index contributed by atoms with van der Waals surface area (Å²) in [6, 6.07) is 8.36. The fourth-order valence-corrected chi connectivity index (χ4v) is 3.40. The standard InChI is InChI=1S/C23H32O3/c1-3-5-7-11-19-12-8-9-13-21(19)23(26-18-10-6-4-2)16-14-20(15-17-23)22(24)25/h8-9,12-17,20H,3-7,10-11,18H2,1-2H3,(H,24,25)/p-1. The fourth-order valence-electron chi connectivity index (χ4n) is 3.40. The Morgan fingerprint density at radius 3 is 2.35 bits per heavy atom. The first-order chi connectivity index (χ1) is 12.6. The smallest absolute Gasteiger partial charge is 0.130 e. The van der Waals surface area contributed by atoms with Crippen molar-refractivity contribution in [3.63, 3.8) is 0 Å². The van der Waals surface area contributed by atoms with Gasteiger partial charge < -0.3 is 14.6 Å². The molecule has 0 radical (unpaired) electrons. The van der Waals surface area contributed by atoms with E-state index in [0.29, 0.717) is 6.61 Å². The Morgan fingerprint density at radius 1 is 1.04 bits per heavy atom. The van der Waals surface area contributed by atoms with E-state index in [-0.39, 0.29) is 0 Å². The zero-order valence-electron chi connectivity index (χ0n) is 16.1. The summed E-state index contributed by atoms with van der Waals surface area (Å²) in [7, 11) is 0. The van der Waals surface area contributed by atoms with Crippen LogP contribution >= 0.6 is 0 Å². The van der Waals surface area contributed by atoms with Gasteiger partial charge in [-0.1, -0.05) is 75.9 Å². The van der Waals surface area contributed by atoms with Crippen molar-refractivity contribution in [1.29, 1.82) is 0 Å². The molecule has 1 aliphatic rings. The van der Waals surface area contributed by atoms with E-state index in [1.54, 1.807) is 12.2 Å². The van der Waals surface area contributed by atoms with Gasteiger partial charge in [0.15, 0.2) is 0 Å². The van der Waals surface area contributed by atoms with Gasteiger partial charge in [-0.15, -0.1) is 0 Å². The van der Waals surface area contributed by atoms with E-state index in [0.717, 1.165) is 37.7 Å². The summed E-state index contributed by atoms with van der Waals surface area (Å²) >= 11 is 0. The molecule has 0 bridgehead atoms. The number of benzene rings is 1. The molecule has 0 atom stereocenters. The fraction of sp³-hybridized carbons (Fsp3) is 0.522. The monoisotopic (exact) mass is 355 g/mol. The second-order valence-corrected chi connectivity index (χ2v) is 7.03. The molecule has 0 saturated heterocycles. The molecule has 0 N–H and O–H groups in total. The summed E-state index contributed by atoms with van der Waals surface area (Å²) in [5.74, 6) is -1.76. The highest BCUT2D eigenvalue weighted by Gasteiger charge is 2.32. The molecule has 0 heterocycles. The first-order valence-corrected chi connectivity index (χ1v) is 9.95. The Balaban J connectivity index is 2.28. The van der Waals surface area contributed by atoms with Crippen LogP contribution in [0.1, 0.15) is 63.5 Å². The van der Waals surface area contributed by atoms with Gasteiger partial charge in [-0.05, 0) is 42.5 Å². The van der Waals surface area contributed by atoms with E-state index in [9.17, 15) is 9.90 Å². The second kappa shape index (κ2) is 10.3. The van der Waals surface area contributed by atoms with Crippen molar-refractivity contribution in [1.82, 2.24) is 0 Å². The molecule has 1 aromatic rings. The van der Waals surface area contributed by atoms with Crippen LogP contribution in [0.5, 0.6) is 0 Å². The van der Waals surface area contributed by atoms with Crippen LogP contribution in [-0.2, 0) is 21.6 Å². The topological polar surface area (TPSA) is 49.4 Å². The van der Waals surface area contributed by atoms with Gasteiger partial charge in [0.05, 0.1) is 5.97 Å². The number of rotatable bonds is 11. The third-order valence-corrected chi connectivity index (χ3v) is 4.95. The van der Waals surface area contributed by atoms with Crippen molar-refractivity contribution >= 4 is 5.97 Å². The average molecular weight is 355 g/mol. The quantitative estimate of drug-likeness (QED) is 0.439. The predicted molar refractivity (Wildman–Crippen MR) is 104 cm³/mol. The van der Waals surface area contributed by atoms with Gasteiger partial charge in [0.2, 0.25) is 0 Å². The molecule has 3 nitrogen and oxygen atoms in total. The maximum absolute atomic E-state index is 11.2. The summed E-state index contributed by atoms with van der Waals surface area (Å²) in [5.41, 5.74) is 1.72. The third-order valence-electron chi connectivity index (χ3n) is 4.95. The molecule has 0 aliphatic heterocycles. The lowest BCUT2D eigenvalue weighted by Gasteiger charge is -2.34. The highest BCUT2D eigenvalue weighted by molar-refractivity contribution is 5.73. The molecular weight excluding hydrogens is 324 g/mol. The van der Waals surface area contributed by atoms with Gasteiger partial charge in [-0.2, -0.15) is 0 Å². The Kier molecular flexibility index (Phi) is 8.11. The summed E-state index contributed by atoms with van der Waals surface area (Å²) in [6.07, 6.45) is 15.0. The van der Waals surface area contributed by atoms with E-state index < -0.39 is 17.5 Å². The van der Waals surface area contributed by atoms with Crippen molar-refractivity contribution < 1.29 is 14.6 Å². The molecule has 1 aromatic carbocycles. The number of aryl methyl sites for hydroxylation is 1. The van der Waals surface area contributed by atoms with Gasteiger partial charge in [0, 0.05) is 12.5 Å². The molecular formula is C23H31O3-. The summed E-state index contributed by atoms with van der Waals surface area (Å²) in [4.78, 5) is 11.2. The molecule has 0 fully saturated rings. The van der Waals surface area contributed by atoms with Gasteiger partial charge in [-0.3, -0.25) is 0 Å². The lowest BCUT2D eigenvalue weighted by molar-refractivity contribution is -0.308. The van der Waals surface area contributed by atoms with Crippen molar-refractivity contribution in [2.75, 3.05) is 6.61 Å². The number of carboxylic acids is 1. The Bertz CT molecular complexity index is 616. The van der Waals surface area contributed by atoms with E-state index >= 15 is 0 Å². The molecule has 0 spiro atoms. The first-order valence-electron chi connectivity index (χ1n) is 9.95. The largest absolute Gasteiger partial charge is 0.549 e. The van der Waals surface area contributed by atoms with Crippen LogP contribution in [0.2, 0.25) is 0 Å². The highest BCUT2D eigenvalue weighted by Crippen LogP contribution is 2.36. The molecule has 3 heteroatoms. The molecule has 26 heavy (non-hydrogen) atoms. The van der Waals surface area contributed by atoms with Crippen LogP contribution in [0.3, 0.4) is 0 Å². The maximum atomic E-state index is 11.2. The SMILES string of the molecule is CCCCCOC1(c2ccccc2CCCCC)C=CC(C(=O)[O-])C=C1. The number of hydrogen-bond donors (Lipinski definition) is 0. The molecule has 0 unspecified atom stereocenters. The van der Waals surface area contributed by atoms with Gasteiger partial charge in [-0.25, -0.2) is 0 Å². The first kappa shape index (κ1) is 20.4. The van der Waals surface area contributed by atoms with E-state index in [1.807, 2.05) is 18.2 Å². The van der Waals surface area contributed by atoms with Crippen molar-refractivity contribution in [3.05, 3.63) is 59.7 Å². The Morgan fingerprint density at radius 2 is 1.69 bits per heavy atom. The maximum Gasteiger partial charge on any atom is 0.130 e. The van der Waals surface area contributed by atoms with Gasteiger partial charge in [0.1, 0.15) is 5.60 Å². The average Bonchev–Trinajstić information content (AvgIpc) is 2.66. The van der Waals surface area contributed by atoms with Crippen molar-refractivity contribution in [2.45, 2.75) is 64.4 Å². The lowest BCUT2D eigenvalue weighted by Crippen LogP contribution is -2.34. The summed E-state index contributed by atoms with van der Waals surface area (Å²) in [6.45, 7) is 5.03. The Labute approximate surface area is 157 Å². The van der Waals surface area contributed by atoms with Crippen molar-refractivity contribution in [2.24, 2.45) is 5.92 Å². The van der Waals surface area contributed by atoms with Crippen molar-refractivity contribution in [3.8, 4) is 0 Å². The van der Waals surface area contributed by atoms with Crippen LogP contribution in [0.15, 0.2) is 48.6 Å². The van der Waals surface area contributed by atoms with E-state index in [1.165, 1.54) is 18.4 Å². The minimum atomic E-state index is -1.08. The minimum absolute atomic E-state index is 0.655. The number of hydrogen-bond acceptors (Lipinski definition) is 3. The van der Waals surface area contributed by atoms with Gasteiger partial charge in [0.25, 0.3) is 0 Å². The molecule has 0 amide bonds. The molecule has 2 rings (SSSR count). The van der Waals surface area contributed by atoms with E-state index in [2.05, 4.69) is 32.0 Å². The number of carboxylic acid groups (broad SMARTS) is 1. The molecule has 142 valence electrons. The Hall–Kier alpha value is -1.87. The third kappa shape index (κ3) is 5.31. The zero-order valence-corrected chi connectivity index (χ0v) is 16.1. The summed E-state index contributed by atoms with van der Waals surface area (Å²) < 4.78 is 6.35. The van der Waals surface area contributed by atoms with Crippen LogP contribution in [-0.4, -0.2) is 12.6 Å². The highest BCUT2D eigenvalue weighted by atomic mass is 16.5. The number of ether oxygens (including phenoxy) is 1. The van der Waals surface area contributed by atoms with Crippen LogP contribution < -0.4 is 5.11 Å². The molecule has 0 aromatic heterocycles. The number of carbonyl (C=O) groups excluding carboxylic acids is 1. The van der Waals surface area contributed by atoms with Crippen LogP contribution in [0, 0.1) is 5.92 Å². The van der Waals surface area contributed by atoms with E-state index in [4.69, 9.17) is 4.74 Å². The molecule has 0 saturated carbocycles. The zero-order chi connectivity index (χ0) is 18.8. The normalized spacial score (nSPS) is 21.8. The second-order valence-electron chi connectivity index (χ2n) is 7.03. The predicted octanol–water partition coefficient (Wildman–Crippen LogP) is 4.31. The molecule has 1 aliphatic carbocycles. The summed E-state index contributed by atoms with van der Waals surface area (Å²) in [5, 5.41) is 11.2. The van der Waals surface area contributed by atoms with Gasteiger partial charge >= 0.3 is 0 Å². The minimum Gasteiger partial charge on any atom is -0.549 e. The van der Waals surface area contributed by atoms with Crippen LogP contribution in [0.4, 0.5) is 0 Å². The number of carbonyl (C=O) groups is 1. The van der Waals surface area contributed by atoms with Crippen LogP contribution in [0.25, 0.3) is 0 Å². The lowest BCUT2D eigenvalue weighted by atomic mass is 9.82. The number of aliphatic carboxylic acids is 1.